The van der Waals surface area contributed by atoms with Crippen LogP contribution >= 0.6 is 0 Å². The third kappa shape index (κ3) is 4.77. The number of carbonyl (C=O) groups excluding carboxylic acids is 3. The average molecular weight is 374 g/mol. The number of hydrogen-bond donors (Lipinski definition) is 2. The van der Waals surface area contributed by atoms with E-state index in [1.807, 2.05) is 7.05 Å². The van der Waals surface area contributed by atoms with Gasteiger partial charge >= 0.3 is 12.0 Å². The number of nitrogens with zero attached hydrogens (tertiary/aromatic N) is 2. The summed E-state index contributed by atoms with van der Waals surface area (Å²) in [7, 11) is 3.36. The van der Waals surface area contributed by atoms with Gasteiger partial charge in [-0.15, -0.1) is 0 Å². The van der Waals surface area contributed by atoms with Crippen molar-refractivity contribution in [1.29, 1.82) is 0 Å². The molecule has 2 aliphatic heterocycles. The Hall–Kier alpha value is -2.61. The number of urea groups is 1. The molecule has 1 aromatic rings. The number of amides is 3. The molecule has 1 unspecified atom stereocenters. The highest BCUT2D eigenvalue weighted by molar-refractivity contribution is 5.96. The van der Waals surface area contributed by atoms with Crippen molar-refractivity contribution in [2.24, 2.45) is 0 Å². The summed E-state index contributed by atoms with van der Waals surface area (Å²) in [5.41, 5.74) is 0.922. The molecule has 27 heavy (non-hydrogen) atoms. The maximum Gasteiger partial charge on any atom is 0.337 e. The van der Waals surface area contributed by atoms with Crippen LogP contribution in [0.1, 0.15) is 33.6 Å². The van der Waals surface area contributed by atoms with Gasteiger partial charge in [-0.25, -0.2) is 9.59 Å². The van der Waals surface area contributed by atoms with E-state index in [2.05, 4.69) is 20.3 Å². The minimum Gasteiger partial charge on any atom is -0.465 e. The van der Waals surface area contributed by atoms with Gasteiger partial charge in [-0.2, -0.15) is 0 Å². The van der Waals surface area contributed by atoms with Crippen LogP contribution in [0.4, 0.5) is 4.79 Å². The molecule has 1 aromatic carbocycles. The van der Waals surface area contributed by atoms with Gasteiger partial charge in [-0.05, 0) is 50.7 Å². The van der Waals surface area contributed by atoms with E-state index in [0.717, 1.165) is 25.9 Å². The smallest absolute Gasteiger partial charge is 0.337 e. The molecule has 2 aliphatic rings. The number of hydrogen-bond acceptors (Lipinski definition) is 5. The number of nitrogens with one attached hydrogen (secondary N) is 2. The number of ether oxygens (including phenoxy) is 1. The summed E-state index contributed by atoms with van der Waals surface area (Å²) in [6, 6.07) is 6.37. The lowest BCUT2D eigenvalue weighted by Crippen LogP contribution is -2.48. The Labute approximate surface area is 158 Å². The monoisotopic (exact) mass is 374 g/mol. The van der Waals surface area contributed by atoms with Gasteiger partial charge in [0.15, 0.2) is 0 Å². The van der Waals surface area contributed by atoms with Crippen LogP contribution in [-0.4, -0.2) is 80.1 Å². The fourth-order valence-corrected chi connectivity index (χ4v) is 3.58. The third-order valence-corrected chi connectivity index (χ3v) is 5.09. The van der Waals surface area contributed by atoms with Crippen LogP contribution in [0.25, 0.3) is 0 Å². The standard InChI is InChI=1S/C19H26N4O4/c1-22-9-7-15(11-22)20-19(26)21-16-8-10-23(12-16)17(24)13-3-5-14(6-4-13)18(25)27-2/h3-6,15-16H,7-12H2,1-2H3,(H2,20,21,26)/t15-,16?/m1/s1. The molecular weight excluding hydrogens is 348 g/mol. The van der Waals surface area contributed by atoms with Crippen LogP contribution in [0.2, 0.25) is 0 Å². The second-order valence-corrected chi connectivity index (χ2v) is 7.17. The number of likely N-dealkylation sites (tertiary alicyclic amines) is 2. The van der Waals surface area contributed by atoms with Crippen LogP contribution < -0.4 is 10.6 Å². The molecule has 0 aliphatic carbocycles. The van der Waals surface area contributed by atoms with Crippen molar-refractivity contribution in [2.75, 3.05) is 40.3 Å². The molecule has 0 saturated carbocycles. The Kier molecular flexibility index (Phi) is 5.95. The van der Waals surface area contributed by atoms with Gasteiger partial charge in [-0.3, -0.25) is 4.79 Å². The van der Waals surface area contributed by atoms with Crippen LogP contribution in [-0.2, 0) is 4.74 Å². The van der Waals surface area contributed by atoms with E-state index in [1.165, 1.54) is 7.11 Å². The van der Waals surface area contributed by atoms with E-state index < -0.39 is 5.97 Å². The zero-order chi connectivity index (χ0) is 19.4. The first-order valence-corrected chi connectivity index (χ1v) is 9.19. The van der Waals surface area contributed by atoms with Gasteiger partial charge in [0.05, 0.1) is 12.7 Å². The molecule has 2 heterocycles. The lowest BCUT2D eigenvalue weighted by molar-refractivity contribution is 0.0600. The second-order valence-electron chi connectivity index (χ2n) is 7.17. The van der Waals surface area contributed by atoms with Crippen molar-refractivity contribution in [2.45, 2.75) is 24.9 Å². The Morgan fingerprint density at radius 1 is 0.963 bits per heavy atom. The summed E-state index contributed by atoms with van der Waals surface area (Å²) in [6.07, 6.45) is 1.69. The van der Waals surface area contributed by atoms with Crippen molar-refractivity contribution in [3.63, 3.8) is 0 Å². The summed E-state index contributed by atoms with van der Waals surface area (Å²) in [6.45, 7) is 2.93. The lowest BCUT2D eigenvalue weighted by atomic mass is 10.1. The molecule has 2 saturated heterocycles. The molecule has 0 aromatic heterocycles. The number of benzene rings is 1. The Morgan fingerprint density at radius 3 is 2.15 bits per heavy atom. The van der Waals surface area contributed by atoms with Gasteiger partial charge in [0.25, 0.3) is 5.91 Å². The summed E-state index contributed by atoms with van der Waals surface area (Å²) in [4.78, 5) is 40.2. The van der Waals surface area contributed by atoms with Gasteiger partial charge in [0, 0.05) is 37.3 Å². The quantitative estimate of drug-likeness (QED) is 0.757. The van der Waals surface area contributed by atoms with E-state index in [0.29, 0.717) is 24.2 Å². The number of methoxy groups -OCH3 is 1. The maximum atomic E-state index is 12.6. The highest BCUT2D eigenvalue weighted by atomic mass is 16.5. The highest BCUT2D eigenvalue weighted by Crippen LogP contribution is 2.15. The number of rotatable bonds is 4. The van der Waals surface area contributed by atoms with Crippen LogP contribution in [0.5, 0.6) is 0 Å². The van der Waals surface area contributed by atoms with Crippen molar-refractivity contribution in [3.05, 3.63) is 35.4 Å². The van der Waals surface area contributed by atoms with E-state index >= 15 is 0 Å². The molecule has 2 atom stereocenters. The molecular formula is C19H26N4O4. The zero-order valence-electron chi connectivity index (χ0n) is 15.7. The van der Waals surface area contributed by atoms with Crippen LogP contribution in [0.3, 0.4) is 0 Å². The molecule has 3 amide bonds. The molecule has 8 heteroatoms. The predicted octanol–water partition coefficient (Wildman–Crippen LogP) is 0.691. The molecule has 146 valence electrons. The number of esters is 1. The van der Waals surface area contributed by atoms with E-state index in [4.69, 9.17) is 0 Å². The minimum atomic E-state index is -0.432. The Balaban J connectivity index is 1.49. The Morgan fingerprint density at radius 2 is 1.56 bits per heavy atom. The first-order chi connectivity index (χ1) is 13.0. The van der Waals surface area contributed by atoms with Crippen molar-refractivity contribution >= 4 is 17.9 Å². The van der Waals surface area contributed by atoms with E-state index in [1.54, 1.807) is 29.2 Å². The average Bonchev–Trinajstić information content (AvgIpc) is 3.29. The molecule has 2 fully saturated rings. The summed E-state index contributed by atoms with van der Waals surface area (Å²) in [5.74, 6) is -0.535. The largest absolute Gasteiger partial charge is 0.465 e. The highest BCUT2D eigenvalue weighted by Gasteiger charge is 2.29. The molecule has 8 nitrogen and oxygen atoms in total. The van der Waals surface area contributed by atoms with Gasteiger partial charge in [0.2, 0.25) is 0 Å². The van der Waals surface area contributed by atoms with Crippen molar-refractivity contribution < 1.29 is 19.1 Å². The molecule has 0 spiro atoms. The summed E-state index contributed by atoms with van der Waals surface area (Å²) in [5, 5.41) is 5.96. The summed E-state index contributed by atoms with van der Waals surface area (Å²) < 4.78 is 4.66. The van der Waals surface area contributed by atoms with Crippen molar-refractivity contribution in [3.8, 4) is 0 Å². The van der Waals surface area contributed by atoms with Crippen LogP contribution in [0.15, 0.2) is 24.3 Å². The van der Waals surface area contributed by atoms with Gasteiger partial charge in [0.1, 0.15) is 0 Å². The van der Waals surface area contributed by atoms with Gasteiger partial charge in [-0.1, -0.05) is 0 Å². The van der Waals surface area contributed by atoms with E-state index in [9.17, 15) is 14.4 Å². The summed E-state index contributed by atoms with van der Waals surface area (Å²) >= 11 is 0. The molecule has 0 bridgehead atoms. The molecule has 3 rings (SSSR count). The second kappa shape index (κ2) is 8.39. The molecule has 2 N–H and O–H groups in total. The van der Waals surface area contributed by atoms with E-state index in [-0.39, 0.29) is 24.0 Å². The minimum absolute atomic E-state index is 0.0533. The normalized spacial score (nSPS) is 22.5. The molecule has 0 radical (unpaired) electrons. The van der Waals surface area contributed by atoms with Gasteiger partial charge < -0.3 is 25.2 Å². The Bertz CT molecular complexity index is 706. The number of carbonyl (C=O) groups is 3. The first kappa shape index (κ1) is 19.2. The zero-order valence-corrected chi connectivity index (χ0v) is 15.7. The third-order valence-electron chi connectivity index (χ3n) is 5.09. The fraction of sp³-hybridized carbons (Fsp3) is 0.526. The topological polar surface area (TPSA) is 91.0 Å². The fourth-order valence-electron chi connectivity index (χ4n) is 3.58. The predicted molar refractivity (Wildman–Crippen MR) is 99.7 cm³/mol. The SMILES string of the molecule is COC(=O)c1ccc(C(=O)N2CCC(NC(=O)N[C@@H]3CCN(C)C3)C2)cc1. The maximum absolute atomic E-state index is 12.6. The van der Waals surface area contributed by atoms with Crippen LogP contribution in [0, 0.1) is 0 Å². The number of likely N-dealkylation sites (N-methyl/N-ethyl adjacent to an activating group) is 1. The lowest BCUT2D eigenvalue weighted by Gasteiger charge is -2.19. The van der Waals surface area contributed by atoms with Crippen molar-refractivity contribution in [1.82, 2.24) is 20.4 Å². The first-order valence-electron chi connectivity index (χ1n) is 9.19.